The first-order valence-electron chi connectivity index (χ1n) is 3.44. The Morgan fingerprint density at radius 3 is 1.16 bits per heavy atom. The van der Waals surface area contributed by atoms with Crippen LogP contribution in [0.5, 0.6) is 0 Å². The molecule has 0 rings (SSSR count). The quantitative estimate of drug-likeness (QED) is 0.191. The number of hydroxylamine groups is 2. The van der Waals surface area contributed by atoms with Crippen molar-refractivity contribution in [2.24, 2.45) is 0 Å². The van der Waals surface area contributed by atoms with Gasteiger partial charge < -0.3 is 33.5 Å². The van der Waals surface area contributed by atoms with Gasteiger partial charge >= 0.3 is 116 Å². The van der Waals surface area contributed by atoms with Crippen LogP contribution in [0.1, 0.15) is 35.6 Å². The van der Waals surface area contributed by atoms with Crippen molar-refractivity contribution in [3.05, 3.63) is 35.8 Å². The average molecular weight is 935 g/mol. The smallest absolute Gasteiger partial charge is 0.478 e. The molecule has 0 bridgehead atoms. The fraction of sp³-hybridized carbons (Fsp3) is 0.583. The van der Waals surface area contributed by atoms with Gasteiger partial charge in [0.05, 0.1) is 0 Å². The summed E-state index contributed by atoms with van der Waals surface area (Å²) in [6, 6.07) is 0. The van der Waals surface area contributed by atoms with Gasteiger partial charge in [0.25, 0.3) is 0 Å². The largest absolute Gasteiger partial charge is 1.00 e. The summed E-state index contributed by atoms with van der Waals surface area (Å²) in [7, 11) is 4.91. The van der Waals surface area contributed by atoms with E-state index in [0.717, 1.165) is 0 Å². The van der Waals surface area contributed by atoms with Crippen LogP contribution < -0.4 is 116 Å². The number of rotatable bonds is 2. The summed E-state index contributed by atoms with van der Waals surface area (Å²) in [4.78, 5) is 4.42. The minimum atomic E-state index is 0. The van der Waals surface area contributed by atoms with E-state index in [-0.39, 0.29) is 186 Å². The zero-order chi connectivity index (χ0) is 8.99. The number of nitrogens with zero attached hydrogens (tertiary/aromatic N) is 1. The molecule has 2 radical (unpaired) electrons. The van der Waals surface area contributed by atoms with E-state index in [0.29, 0.717) is 6.54 Å². The molecule has 0 saturated carbocycles. The first-order valence-corrected chi connectivity index (χ1v) is 3.44. The third-order valence-corrected chi connectivity index (χ3v) is 0.535. The molecule has 0 aliphatic carbocycles. The van der Waals surface area contributed by atoms with Gasteiger partial charge in [-0.1, -0.05) is 28.7 Å². The van der Waals surface area contributed by atoms with Gasteiger partial charge in [-0.2, -0.15) is 6.92 Å². The second-order valence-corrected chi connectivity index (χ2v) is 0.981. The van der Waals surface area contributed by atoms with Crippen LogP contribution in [0.15, 0.2) is 0 Å². The molecule has 0 N–H and O–H groups in total. The van der Waals surface area contributed by atoms with Crippen molar-refractivity contribution in [1.29, 1.82) is 0 Å². The second-order valence-electron chi connectivity index (χ2n) is 0.981. The maximum absolute atomic E-state index is 4.42. The predicted molar refractivity (Wildman–Crippen MR) is 73.1 cm³/mol. The summed E-state index contributed by atoms with van der Waals surface area (Å²) in [5.41, 5.74) is 0. The van der Waals surface area contributed by atoms with E-state index >= 15 is 0 Å². The monoisotopic (exact) mass is 935 g/mol. The third-order valence-electron chi connectivity index (χ3n) is 0.535. The van der Waals surface area contributed by atoms with Gasteiger partial charge in [0.1, 0.15) is 0 Å². The van der Waals surface area contributed by atoms with E-state index in [1.54, 1.807) is 14.0 Å². The van der Waals surface area contributed by atoms with Gasteiger partial charge in [0, 0.05) is 46.9 Å². The molecule has 0 aromatic rings. The summed E-state index contributed by atoms with van der Waals surface area (Å²) < 4.78 is 0. The Kier molecular flexibility index (Phi) is 594. The summed E-state index contributed by atoms with van der Waals surface area (Å²) in [5, 5.41) is 1.53. The molecule has 0 heterocycles. The van der Waals surface area contributed by atoms with Gasteiger partial charge in [0.15, 0.2) is 0 Å². The molecule has 19 heavy (non-hydrogen) atoms. The molecule has 0 aliphatic rings. The zero-order valence-electron chi connectivity index (χ0n) is 13.1. The number of hydrogen-bond acceptors (Lipinski definition) is 2. The summed E-state index contributed by atoms with van der Waals surface area (Å²) >= 11 is 0. The van der Waals surface area contributed by atoms with Crippen LogP contribution in [0.3, 0.4) is 0 Å². The van der Waals surface area contributed by atoms with Gasteiger partial charge in [0.2, 0.25) is 0 Å². The zero-order valence-corrected chi connectivity index (χ0v) is 33.7. The Bertz CT molecular complexity index is 54.9. The molecule has 0 amide bonds. The minimum Gasteiger partial charge on any atom is -0.478 e. The molecule has 7 heteroatoms. The van der Waals surface area contributed by atoms with Gasteiger partial charge in [-0.05, 0) is 0 Å². The molecule has 0 saturated heterocycles. The van der Waals surface area contributed by atoms with Crippen LogP contribution in [0.25, 0.3) is 0 Å². The first kappa shape index (κ1) is 92.8. The van der Waals surface area contributed by atoms with E-state index in [4.69, 9.17) is 0 Å². The average Bonchev–Trinajstić information content (AvgIpc) is 2.10. The van der Waals surface area contributed by atoms with Crippen LogP contribution in [0.2, 0.25) is 0 Å². The molecule has 0 aromatic carbocycles. The molecule has 0 aromatic heterocycles. The molecular formula is C12H34NORb2ReRfRh-3. The molecule has 0 atom stereocenters. The molecule has 116 valence electrons. The summed E-state index contributed by atoms with van der Waals surface area (Å²) in [6.07, 6.45) is 0. The van der Waals surface area contributed by atoms with Crippen molar-refractivity contribution >= 4 is 0 Å². The van der Waals surface area contributed by atoms with Gasteiger partial charge in [-0.25, -0.2) is 7.11 Å². The Morgan fingerprint density at radius 2 is 1.16 bits per heavy atom. The Balaban J connectivity index is -0.00000000352. The molecule has 2 nitrogen and oxygen atoms in total. The Labute approximate surface area is 245 Å². The Hall–Kier alpha value is 3.82. The maximum Gasteiger partial charge on any atom is 1.00 e. The standard InChI is InChI=1S/C4H9NO.C2H6.C2H5.2CH4.2CH3.2Rb.Re.Rf.Rh/c1-4-5(2)6-3;2*1-2;;;;;;;;;/h1,3-4H2,2H3;1-2H3;1H2,2H3;2*1H4;2*1H3;;;;;/q-2;;-1;;;2*-1;2*+1;;;. The second kappa shape index (κ2) is 122. The molecule has 0 aliphatic heterocycles. The van der Waals surface area contributed by atoms with Crippen LogP contribution in [-0.4, -0.2) is 18.7 Å². The van der Waals surface area contributed by atoms with Gasteiger partial charge in [-0.3, -0.25) is 5.06 Å². The van der Waals surface area contributed by atoms with E-state index in [2.05, 4.69) is 25.8 Å². The van der Waals surface area contributed by atoms with Crippen molar-refractivity contribution in [1.82, 2.24) is 5.06 Å². The summed E-state index contributed by atoms with van der Waals surface area (Å²) in [5.74, 6) is 0. The van der Waals surface area contributed by atoms with E-state index in [9.17, 15) is 0 Å². The van der Waals surface area contributed by atoms with Crippen LogP contribution in [-0.2, 0) is 44.7 Å². The van der Waals surface area contributed by atoms with Crippen LogP contribution in [0, 0.1) is 35.8 Å². The van der Waals surface area contributed by atoms with Crippen LogP contribution >= 0.6 is 0 Å². The van der Waals surface area contributed by atoms with E-state index in [1.165, 1.54) is 5.06 Å². The van der Waals surface area contributed by atoms with Crippen molar-refractivity contribution in [2.45, 2.75) is 35.6 Å². The van der Waals surface area contributed by atoms with Crippen LogP contribution in [0.4, 0.5) is 0 Å². The third kappa shape index (κ3) is 140. The molecule has 0 spiro atoms. The van der Waals surface area contributed by atoms with E-state index < -0.39 is 0 Å². The maximum atomic E-state index is 4.42. The normalized spacial score (nSPS) is 3.79. The van der Waals surface area contributed by atoms with E-state index in [1.807, 2.05) is 13.8 Å². The minimum absolute atomic E-state index is 0. The van der Waals surface area contributed by atoms with Crippen molar-refractivity contribution in [2.75, 3.05) is 13.6 Å². The summed E-state index contributed by atoms with van der Waals surface area (Å²) in [6.45, 7) is 13.1. The first-order chi connectivity index (χ1) is 4.81. The van der Waals surface area contributed by atoms with Crippen molar-refractivity contribution in [3.63, 3.8) is 0 Å². The number of hydrogen-bond donors (Lipinski definition) is 0. The van der Waals surface area contributed by atoms with Crippen molar-refractivity contribution < 1.29 is 161 Å². The fourth-order valence-corrected chi connectivity index (χ4v) is 0.0645. The van der Waals surface area contributed by atoms with Crippen molar-refractivity contribution in [3.8, 4) is 0 Å². The molecule has 0 unspecified atom stereocenters. The fourth-order valence-electron chi connectivity index (χ4n) is 0.0645. The predicted octanol–water partition coefficient (Wildman–Crippen LogP) is -1.48. The molecular weight excluding hydrogens is 901 g/mol. The topological polar surface area (TPSA) is 12.5 Å². The Morgan fingerprint density at radius 1 is 1.00 bits per heavy atom. The molecule has 0 fully saturated rings. The van der Waals surface area contributed by atoms with Gasteiger partial charge in [-0.15, -0.1) is 6.54 Å². The SMILES string of the molecule is C.C.CC.[CH2-]C.[CH2-]CN(C)O[CH2-].[CH3-].[CH3-].[Rb+].[Rb+].[Re].[Rf].[Rh].